The summed E-state index contributed by atoms with van der Waals surface area (Å²) in [5.41, 5.74) is -0.983. The maximum Gasteiger partial charge on any atom is 0.325 e. The standard InChI is InChI=1S/C13H21N3O5/c1-8-4-15(5-9(7-17)21-8)10(18)6-16-11(19)13(2,3)14-12(16)20/h8-9,17H,4-7H2,1-3H3,(H,14,20). The molecule has 2 N–H and O–H groups in total. The Labute approximate surface area is 123 Å². The lowest BCUT2D eigenvalue weighted by Crippen LogP contribution is -2.53. The molecule has 2 heterocycles. The van der Waals surface area contributed by atoms with E-state index in [-0.39, 0.29) is 31.7 Å². The van der Waals surface area contributed by atoms with Crippen molar-refractivity contribution in [1.82, 2.24) is 15.1 Å². The van der Waals surface area contributed by atoms with E-state index in [0.717, 1.165) is 4.90 Å². The first-order valence-corrected chi connectivity index (χ1v) is 6.93. The summed E-state index contributed by atoms with van der Waals surface area (Å²) in [7, 11) is 0. The highest BCUT2D eigenvalue weighted by Gasteiger charge is 2.45. The number of carbonyl (C=O) groups is 3. The molecule has 2 fully saturated rings. The maximum atomic E-state index is 12.3. The summed E-state index contributed by atoms with van der Waals surface area (Å²) in [5.74, 6) is -0.745. The van der Waals surface area contributed by atoms with Crippen LogP contribution in [-0.4, -0.2) is 76.7 Å². The first-order chi connectivity index (χ1) is 9.74. The van der Waals surface area contributed by atoms with E-state index in [4.69, 9.17) is 9.84 Å². The second-order valence-corrected chi connectivity index (χ2v) is 6.00. The van der Waals surface area contributed by atoms with Crippen LogP contribution in [0.25, 0.3) is 0 Å². The van der Waals surface area contributed by atoms with Crippen molar-refractivity contribution in [3.05, 3.63) is 0 Å². The number of ether oxygens (including phenoxy) is 1. The molecule has 2 atom stereocenters. The number of hydrogen-bond donors (Lipinski definition) is 2. The van der Waals surface area contributed by atoms with Gasteiger partial charge in [-0.1, -0.05) is 0 Å². The summed E-state index contributed by atoms with van der Waals surface area (Å²) < 4.78 is 5.46. The van der Waals surface area contributed by atoms with Gasteiger partial charge < -0.3 is 20.1 Å². The van der Waals surface area contributed by atoms with Crippen LogP contribution < -0.4 is 5.32 Å². The Morgan fingerprint density at radius 2 is 2.10 bits per heavy atom. The molecular weight excluding hydrogens is 278 g/mol. The van der Waals surface area contributed by atoms with Crippen molar-refractivity contribution < 1.29 is 24.2 Å². The van der Waals surface area contributed by atoms with Crippen molar-refractivity contribution in [2.45, 2.75) is 38.5 Å². The van der Waals surface area contributed by atoms with E-state index in [1.165, 1.54) is 4.90 Å². The van der Waals surface area contributed by atoms with Crippen LogP contribution in [0, 0.1) is 0 Å². The molecule has 21 heavy (non-hydrogen) atoms. The molecule has 118 valence electrons. The van der Waals surface area contributed by atoms with Crippen LogP contribution in [0.15, 0.2) is 0 Å². The number of urea groups is 1. The Hall–Kier alpha value is -1.67. The molecule has 8 heteroatoms. The zero-order valence-electron chi connectivity index (χ0n) is 12.5. The quantitative estimate of drug-likeness (QED) is 0.646. The fourth-order valence-corrected chi connectivity index (χ4v) is 2.55. The second kappa shape index (κ2) is 5.61. The lowest BCUT2D eigenvalue weighted by Gasteiger charge is -2.36. The topological polar surface area (TPSA) is 99.2 Å². The van der Waals surface area contributed by atoms with E-state index >= 15 is 0 Å². The van der Waals surface area contributed by atoms with Crippen molar-refractivity contribution in [3.63, 3.8) is 0 Å². The number of morpholine rings is 1. The zero-order chi connectivity index (χ0) is 15.8. The lowest BCUT2D eigenvalue weighted by atomic mass is 10.1. The molecule has 0 spiro atoms. The van der Waals surface area contributed by atoms with Crippen LogP contribution in [0.2, 0.25) is 0 Å². The number of nitrogens with one attached hydrogen (secondary N) is 1. The van der Waals surface area contributed by atoms with E-state index < -0.39 is 23.6 Å². The summed E-state index contributed by atoms with van der Waals surface area (Å²) in [6, 6.07) is -0.557. The number of rotatable bonds is 3. The average Bonchev–Trinajstić information content (AvgIpc) is 2.60. The zero-order valence-corrected chi connectivity index (χ0v) is 12.5. The molecule has 2 rings (SSSR count). The van der Waals surface area contributed by atoms with Gasteiger partial charge in [0.2, 0.25) is 5.91 Å². The van der Waals surface area contributed by atoms with Gasteiger partial charge in [-0.25, -0.2) is 4.79 Å². The molecule has 0 aromatic heterocycles. The second-order valence-electron chi connectivity index (χ2n) is 6.00. The highest BCUT2D eigenvalue weighted by Crippen LogP contribution is 2.17. The fraction of sp³-hybridized carbons (Fsp3) is 0.769. The highest BCUT2D eigenvalue weighted by atomic mass is 16.5. The number of aliphatic hydroxyl groups excluding tert-OH is 1. The monoisotopic (exact) mass is 299 g/mol. The minimum atomic E-state index is -0.983. The number of nitrogens with zero attached hydrogens (tertiary/aromatic N) is 2. The van der Waals surface area contributed by atoms with Gasteiger partial charge in [0.1, 0.15) is 12.1 Å². The van der Waals surface area contributed by atoms with Gasteiger partial charge in [0.25, 0.3) is 5.91 Å². The lowest BCUT2D eigenvalue weighted by molar-refractivity contribution is -0.149. The van der Waals surface area contributed by atoms with Crippen LogP contribution in [0.4, 0.5) is 4.79 Å². The molecular formula is C13H21N3O5. The molecule has 2 saturated heterocycles. The largest absolute Gasteiger partial charge is 0.394 e. The molecule has 8 nitrogen and oxygen atoms in total. The van der Waals surface area contributed by atoms with E-state index in [0.29, 0.717) is 6.54 Å². The number of carbonyl (C=O) groups excluding carboxylic acids is 3. The molecule has 0 aromatic rings. The van der Waals surface area contributed by atoms with Crippen LogP contribution in [-0.2, 0) is 14.3 Å². The summed E-state index contributed by atoms with van der Waals surface area (Å²) in [6.07, 6.45) is -0.628. The molecule has 0 bridgehead atoms. The van der Waals surface area contributed by atoms with Gasteiger partial charge >= 0.3 is 6.03 Å². The van der Waals surface area contributed by atoms with Crippen LogP contribution >= 0.6 is 0 Å². The van der Waals surface area contributed by atoms with Gasteiger partial charge in [-0.3, -0.25) is 14.5 Å². The van der Waals surface area contributed by atoms with E-state index in [1.54, 1.807) is 20.8 Å². The number of imide groups is 1. The first kappa shape index (κ1) is 15.7. The maximum absolute atomic E-state index is 12.3. The number of amides is 4. The SMILES string of the molecule is CC1CN(C(=O)CN2C(=O)NC(C)(C)C2=O)CC(CO)O1. The summed E-state index contributed by atoms with van der Waals surface area (Å²) in [4.78, 5) is 38.5. The smallest absolute Gasteiger partial charge is 0.325 e. The normalized spacial score (nSPS) is 28.8. The van der Waals surface area contributed by atoms with Gasteiger partial charge in [0, 0.05) is 13.1 Å². The third-order valence-electron chi connectivity index (χ3n) is 3.62. The van der Waals surface area contributed by atoms with Crippen molar-refractivity contribution in [3.8, 4) is 0 Å². The first-order valence-electron chi connectivity index (χ1n) is 6.93. The summed E-state index contributed by atoms with van der Waals surface area (Å²) >= 11 is 0. The average molecular weight is 299 g/mol. The Bertz CT molecular complexity index is 465. The molecule has 0 aliphatic carbocycles. The predicted molar refractivity (Wildman–Crippen MR) is 72.3 cm³/mol. The Balaban J connectivity index is 2.01. The number of hydrogen-bond acceptors (Lipinski definition) is 5. The number of aliphatic hydroxyl groups is 1. The molecule has 2 unspecified atom stereocenters. The molecule has 0 aromatic carbocycles. The van der Waals surface area contributed by atoms with Crippen LogP contribution in [0.3, 0.4) is 0 Å². The van der Waals surface area contributed by atoms with Gasteiger partial charge in [-0.2, -0.15) is 0 Å². The van der Waals surface area contributed by atoms with E-state index in [2.05, 4.69) is 5.32 Å². The minimum Gasteiger partial charge on any atom is -0.394 e. The van der Waals surface area contributed by atoms with Gasteiger partial charge in [0.05, 0.1) is 18.8 Å². The van der Waals surface area contributed by atoms with Crippen molar-refractivity contribution in [1.29, 1.82) is 0 Å². The van der Waals surface area contributed by atoms with Gasteiger partial charge in [0.15, 0.2) is 0 Å². The molecule has 2 aliphatic rings. The third-order valence-corrected chi connectivity index (χ3v) is 3.62. The van der Waals surface area contributed by atoms with Gasteiger partial charge in [-0.15, -0.1) is 0 Å². The van der Waals surface area contributed by atoms with Crippen molar-refractivity contribution in [2.75, 3.05) is 26.2 Å². The van der Waals surface area contributed by atoms with Crippen molar-refractivity contribution in [2.24, 2.45) is 0 Å². The highest BCUT2D eigenvalue weighted by molar-refractivity contribution is 6.08. The van der Waals surface area contributed by atoms with E-state index in [1.807, 2.05) is 0 Å². The van der Waals surface area contributed by atoms with Crippen LogP contribution in [0.5, 0.6) is 0 Å². The fourth-order valence-electron chi connectivity index (χ4n) is 2.55. The molecule has 0 radical (unpaired) electrons. The van der Waals surface area contributed by atoms with Crippen LogP contribution in [0.1, 0.15) is 20.8 Å². The molecule has 4 amide bonds. The molecule has 0 saturated carbocycles. The molecule has 2 aliphatic heterocycles. The minimum absolute atomic E-state index is 0.176. The Morgan fingerprint density at radius 3 is 2.62 bits per heavy atom. The third kappa shape index (κ3) is 3.16. The predicted octanol–water partition coefficient (Wildman–Crippen LogP) is -1.07. The Morgan fingerprint density at radius 1 is 1.43 bits per heavy atom. The summed E-state index contributed by atoms with van der Waals surface area (Å²) in [5, 5.41) is 11.7. The van der Waals surface area contributed by atoms with Gasteiger partial charge in [-0.05, 0) is 20.8 Å². The Kier molecular flexibility index (Phi) is 4.20. The van der Waals surface area contributed by atoms with E-state index in [9.17, 15) is 14.4 Å². The van der Waals surface area contributed by atoms with Crippen molar-refractivity contribution >= 4 is 17.8 Å². The summed E-state index contributed by atoms with van der Waals surface area (Å²) in [6.45, 7) is 5.16.